The predicted octanol–water partition coefficient (Wildman–Crippen LogP) is 4.78. The van der Waals surface area contributed by atoms with Crippen molar-refractivity contribution in [3.05, 3.63) is 94.5 Å². The number of aryl methyl sites for hydroxylation is 1. The summed E-state index contributed by atoms with van der Waals surface area (Å²) < 4.78 is 10.1. The van der Waals surface area contributed by atoms with Crippen LogP contribution in [0.5, 0.6) is 5.75 Å². The molecule has 0 spiro atoms. The third kappa shape index (κ3) is 4.53. The molecular weight excluding hydrogens is 452 g/mol. The zero-order valence-electron chi connectivity index (χ0n) is 18.8. The number of imide groups is 1. The molecule has 0 saturated heterocycles. The van der Waals surface area contributed by atoms with Crippen molar-refractivity contribution in [2.75, 3.05) is 24.4 Å². The van der Waals surface area contributed by atoms with E-state index in [1.54, 1.807) is 49.6 Å². The summed E-state index contributed by atoms with van der Waals surface area (Å²) in [6.07, 6.45) is 0. The molecule has 0 saturated carbocycles. The van der Waals surface area contributed by atoms with E-state index >= 15 is 0 Å². The smallest absolute Gasteiger partial charge is 0.339 e. The molecule has 1 N–H and O–H groups in total. The van der Waals surface area contributed by atoms with Crippen molar-refractivity contribution >= 4 is 40.9 Å². The second kappa shape index (κ2) is 9.84. The van der Waals surface area contributed by atoms with Crippen molar-refractivity contribution < 1.29 is 23.9 Å². The maximum atomic E-state index is 13.6. The lowest BCUT2D eigenvalue weighted by Gasteiger charge is -2.18. The lowest BCUT2D eigenvalue weighted by molar-refractivity contribution is -0.120. The molecule has 2 amide bonds. The number of carbonyl (C=O) groups is 3. The second-order valence-corrected chi connectivity index (χ2v) is 8.51. The molecule has 0 fully saturated rings. The molecule has 4 rings (SSSR count). The van der Waals surface area contributed by atoms with Gasteiger partial charge < -0.3 is 14.8 Å². The number of ether oxygens (including phenoxy) is 2. The van der Waals surface area contributed by atoms with Gasteiger partial charge in [0, 0.05) is 16.6 Å². The number of hydrogen-bond acceptors (Lipinski definition) is 7. The number of methoxy groups -OCH3 is 2. The van der Waals surface area contributed by atoms with Crippen molar-refractivity contribution in [2.24, 2.45) is 0 Å². The number of nitrogens with one attached hydrogen (secondary N) is 1. The monoisotopic (exact) mass is 474 g/mol. The highest BCUT2D eigenvalue weighted by Gasteiger charge is 2.41. The lowest BCUT2D eigenvalue weighted by Crippen LogP contribution is -2.33. The number of rotatable bonds is 7. The Balaban J connectivity index is 1.78. The van der Waals surface area contributed by atoms with Gasteiger partial charge in [-0.15, -0.1) is 0 Å². The van der Waals surface area contributed by atoms with Crippen LogP contribution < -0.4 is 15.0 Å². The average Bonchev–Trinajstić information content (AvgIpc) is 3.08. The highest BCUT2D eigenvalue weighted by atomic mass is 32.2. The van der Waals surface area contributed by atoms with E-state index in [9.17, 15) is 14.4 Å². The number of amides is 2. The molecule has 0 atom stereocenters. The van der Waals surface area contributed by atoms with E-state index < -0.39 is 17.8 Å². The number of carbonyl (C=O) groups excluding carboxylic acids is 3. The van der Waals surface area contributed by atoms with Gasteiger partial charge in [-0.05, 0) is 43.3 Å². The van der Waals surface area contributed by atoms with Crippen LogP contribution in [0.2, 0.25) is 0 Å². The Labute approximate surface area is 201 Å². The van der Waals surface area contributed by atoms with Gasteiger partial charge in [-0.1, -0.05) is 47.7 Å². The topological polar surface area (TPSA) is 84.9 Å². The molecule has 3 aromatic carbocycles. The molecule has 172 valence electrons. The van der Waals surface area contributed by atoms with E-state index in [1.807, 2.05) is 31.2 Å². The Bertz CT molecular complexity index is 1300. The molecule has 1 heterocycles. The second-order valence-electron chi connectivity index (χ2n) is 7.43. The van der Waals surface area contributed by atoms with E-state index in [1.165, 1.54) is 24.9 Å². The molecule has 0 bridgehead atoms. The fraction of sp³-hybridized carbons (Fsp3) is 0.115. The average molecular weight is 475 g/mol. The molecule has 3 aromatic rings. The minimum absolute atomic E-state index is 0.114. The predicted molar refractivity (Wildman–Crippen MR) is 131 cm³/mol. The van der Waals surface area contributed by atoms with E-state index in [4.69, 9.17) is 9.47 Å². The summed E-state index contributed by atoms with van der Waals surface area (Å²) in [7, 11) is 2.80. The normalized spacial score (nSPS) is 13.3. The van der Waals surface area contributed by atoms with Gasteiger partial charge in [-0.25, -0.2) is 9.69 Å². The van der Waals surface area contributed by atoms with Gasteiger partial charge in [-0.3, -0.25) is 9.59 Å². The first-order valence-corrected chi connectivity index (χ1v) is 11.2. The third-order valence-electron chi connectivity index (χ3n) is 5.17. The number of hydrogen-bond donors (Lipinski definition) is 1. The van der Waals surface area contributed by atoms with Crippen LogP contribution in [0, 0.1) is 6.92 Å². The molecule has 1 aliphatic rings. The van der Waals surface area contributed by atoms with E-state index in [-0.39, 0.29) is 21.9 Å². The van der Waals surface area contributed by atoms with Gasteiger partial charge >= 0.3 is 5.97 Å². The van der Waals surface area contributed by atoms with Gasteiger partial charge in [0.25, 0.3) is 11.8 Å². The number of esters is 1. The SMILES string of the molecule is COC(=O)c1ccccc1N1C(=O)C(Nc2cccc(OC)c2)=C(Sc2ccc(C)cc2)C1=O. The first-order chi connectivity index (χ1) is 16.4. The van der Waals surface area contributed by atoms with Gasteiger partial charge in [0.1, 0.15) is 16.4 Å². The van der Waals surface area contributed by atoms with Crippen LogP contribution in [0.3, 0.4) is 0 Å². The van der Waals surface area contributed by atoms with Crippen LogP contribution in [0.4, 0.5) is 11.4 Å². The van der Waals surface area contributed by atoms with E-state index in [0.29, 0.717) is 11.4 Å². The van der Waals surface area contributed by atoms with Gasteiger partial charge in [0.15, 0.2) is 0 Å². The van der Waals surface area contributed by atoms with Gasteiger partial charge in [0.05, 0.1) is 25.5 Å². The highest BCUT2D eigenvalue weighted by molar-refractivity contribution is 8.04. The van der Waals surface area contributed by atoms with Crippen molar-refractivity contribution in [2.45, 2.75) is 11.8 Å². The molecule has 1 aliphatic heterocycles. The summed E-state index contributed by atoms with van der Waals surface area (Å²) in [6.45, 7) is 1.97. The number of anilines is 2. The molecule has 8 heteroatoms. The molecule has 0 unspecified atom stereocenters. The Morgan fingerprint density at radius 3 is 2.35 bits per heavy atom. The quantitative estimate of drug-likeness (QED) is 0.390. The Morgan fingerprint density at radius 1 is 0.912 bits per heavy atom. The maximum absolute atomic E-state index is 13.6. The van der Waals surface area contributed by atoms with Gasteiger partial charge in [-0.2, -0.15) is 0 Å². The summed E-state index contributed by atoms with van der Waals surface area (Å²) in [5.41, 5.74) is 2.06. The van der Waals surface area contributed by atoms with Crippen molar-refractivity contribution in [1.29, 1.82) is 0 Å². The van der Waals surface area contributed by atoms with Crippen molar-refractivity contribution in [1.82, 2.24) is 0 Å². The molecule has 7 nitrogen and oxygen atoms in total. The zero-order chi connectivity index (χ0) is 24.2. The molecular formula is C26H22N2O5S. The highest BCUT2D eigenvalue weighted by Crippen LogP contribution is 2.39. The number of nitrogens with zero attached hydrogens (tertiary/aromatic N) is 1. The summed E-state index contributed by atoms with van der Waals surface area (Å²) in [5.74, 6) is -1.14. The van der Waals surface area contributed by atoms with Gasteiger partial charge in [0.2, 0.25) is 0 Å². The third-order valence-corrected chi connectivity index (χ3v) is 6.26. The summed E-state index contributed by atoms with van der Waals surface area (Å²) >= 11 is 1.19. The standard InChI is InChI=1S/C26H22N2O5S/c1-16-11-13-19(14-12-16)34-23-22(27-17-7-6-8-18(15-17)32-2)24(29)28(25(23)30)21-10-5-4-9-20(21)26(31)33-3/h4-15,27H,1-3H3. The van der Waals surface area contributed by atoms with Crippen LogP contribution >= 0.6 is 11.8 Å². The minimum Gasteiger partial charge on any atom is -0.497 e. The van der Waals surface area contributed by atoms with Crippen LogP contribution in [-0.4, -0.2) is 32.0 Å². The van der Waals surface area contributed by atoms with Crippen LogP contribution in [-0.2, 0) is 14.3 Å². The fourth-order valence-electron chi connectivity index (χ4n) is 3.45. The van der Waals surface area contributed by atoms with E-state index in [2.05, 4.69) is 5.32 Å². The number of para-hydroxylation sites is 1. The molecule has 34 heavy (non-hydrogen) atoms. The van der Waals surface area contributed by atoms with E-state index in [0.717, 1.165) is 15.4 Å². The zero-order valence-corrected chi connectivity index (χ0v) is 19.6. The summed E-state index contributed by atoms with van der Waals surface area (Å²) in [6, 6.07) is 21.1. The Hall–Kier alpha value is -4.04. The Kier molecular flexibility index (Phi) is 6.70. The largest absolute Gasteiger partial charge is 0.497 e. The van der Waals surface area contributed by atoms with Crippen molar-refractivity contribution in [3.63, 3.8) is 0 Å². The molecule has 0 aliphatic carbocycles. The Morgan fingerprint density at radius 2 is 1.65 bits per heavy atom. The van der Waals surface area contributed by atoms with Crippen LogP contribution in [0.25, 0.3) is 0 Å². The summed E-state index contributed by atoms with van der Waals surface area (Å²) in [4.78, 5) is 41.5. The maximum Gasteiger partial charge on any atom is 0.339 e. The summed E-state index contributed by atoms with van der Waals surface area (Å²) in [5, 5.41) is 3.09. The number of benzene rings is 3. The first kappa shape index (κ1) is 23.1. The number of thioether (sulfide) groups is 1. The molecule has 0 aromatic heterocycles. The first-order valence-electron chi connectivity index (χ1n) is 10.4. The van der Waals surface area contributed by atoms with Crippen LogP contribution in [0.15, 0.2) is 88.3 Å². The fourth-order valence-corrected chi connectivity index (χ4v) is 4.38. The van der Waals surface area contributed by atoms with Crippen LogP contribution in [0.1, 0.15) is 15.9 Å². The molecule has 0 radical (unpaired) electrons. The minimum atomic E-state index is -0.641. The van der Waals surface area contributed by atoms with Crippen molar-refractivity contribution in [3.8, 4) is 5.75 Å². The lowest BCUT2D eigenvalue weighted by atomic mass is 10.1.